The zero-order chi connectivity index (χ0) is 12.8. The van der Waals surface area contributed by atoms with Crippen molar-refractivity contribution in [3.8, 4) is 5.88 Å². The number of nitrogens with one attached hydrogen (secondary N) is 1. The summed E-state index contributed by atoms with van der Waals surface area (Å²) in [4.78, 5) is 8.39. The number of hydrogen-bond donors (Lipinski definition) is 1. The lowest BCUT2D eigenvalue weighted by Gasteiger charge is -2.09. The molecule has 0 saturated carbocycles. The van der Waals surface area contributed by atoms with Crippen LogP contribution >= 0.6 is 0 Å². The molecule has 0 amide bonds. The topological polar surface area (TPSA) is 47.0 Å². The Kier molecular flexibility index (Phi) is 4.47. The van der Waals surface area contributed by atoms with Crippen LogP contribution in [-0.2, 0) is 0 Å². The molecule has 0 aliphatic heterocycles. The third kappa shape index (κ3) is 3.40. The van der Waals surface area contributed by atoms with E-state index < -0.39 is 0 Å². The second kappa shape index (κ2) is 6.31. The highest BCUT2D eigenvalue weighted by atomic mass is 16.5. The number of hydrogen-bond acceptors (Lipinski definition) is 4. The standard InChI is InChI=1S/C14H19N3O/c1-11(2)15-8-5-9-18-14-12-6-3-4-7-13(12)16-10-17-14/h3-4,6-7,10-11,15H,5,8-9H2,1-2H3. The number of para-hydroxylation sites is 1. The molecule has 0 aliphatic rings. The lowest BCUT2D eigenvalue weighted by atomic mass is 10.2. The van der Waals surface area contributed by atoms with Gasteiger partial charge in [0.25, 0.3) is 0 Å². The number of aromatic nitrogens is 2. The van der Waals surface area contributed by atoms with Crippen LogP contribution < -0.4 is 10.1 Å². The van der Waals surface area contributed by atoms with Crippen LogP contribution in [0.25, 0.3) is 10.9 Å². The van der Waals surface area contributed by atoms with Crippen LogP contribution in [0.15, 0.2) is 30.6 Å². The first-order valence-electron chi connectivity index (χ1n) is 6.33. The highest BCUT2D eigenvalue weighted by Gasteiger charge is 2.03. The van der Waals surface area contributed by atoms with Gasteiger partial charge in [0, 0.05) is 6.04 Å². The van der Waals surface area contributed by atoms with Gasteiger partial charge in [0.2, 0.25) is 5.88 Å². The van der Waals surface area contributed by atoms with Crippen molar-refractivity contribution < 1.29 is 4.74 Å². The Morgan fingerprint density at radius 3 is 2.89 bits per heavy atom. The summed E-state index contributed by atoms with van der Waals surface area (Å²) >= 11 is 0. The molecule has 2 aromatic rings. The van der Waals surface area contributed by atoms with Crippen LogP contribution in [-0.4, -0.2) is 29.2 Å². The Bertz CT molecular complexity index is 494. The largest absolute Gasteiger partial charge is 0.477 e. The monoisotopic (exact) mass is 245 g/mol. The molecule has 1 heterocycles. The van der Waals surface area contributed by atoms with E-state index in [1.54, 1.807) is 6.33 Å². The van der Waals surface area contributed by atoms with E-state index in [2.05, 4.69) is 29.1 Å². The summed E-state index contributed by atoms with van der Waals surface area (Å²) < 4.78 is 5.71. The van der Waals surface area contributed by atoms with Crippen LogP contribution in [0.4, 0.5) is 0 Å². The fraction of sp³-hybridized carbons (Fsp3) is 0.429. The Morgan fingerprint density at radius 2 is 2.06 bits per heavy atom. The zero-order valence-electron chi connectivity index (χ0n) is 10.9. The van der Waals surface area contributed by atoms with E-state index in [0.717, 1.165) is 23.9 Å². The van der Waals surface area contributed by atoms with Gasteiger partial charge in [-0.1, -0.05) is 26.0 Å². The second-order valence-electron chi connectivity index (χ2n) is 4.51. The Balaban J connectivity index is 1.91. The van der Waals surface area contributed by atoms with E-state index in [0.29, 0.717) is 18.5 Å². The Morgan fingerprint density at radius 1 is 1.22 bits per heavy atom. The predicted molar refractivity (Wildman–Crippen MR) is 72.8 cm³/mol. The summed E-state index contributed by atoms with van der Waals surface area (Å²) in [5, 5.41) is 4.33. The fourth-order valence-electron chi connectivity index (χ4n) is 1.73. The summed E-state index contributed by atoms with van der Waals surface area (Å²) in [5.74, 6) is 0.671. The normalized spacial score (nSPS) is 11.1. The van der Waals surface area contributed by atoms with Gasteiger partial charge in [-0.3, -0.25) is 0 Å². The maximum atomic E-state index is 5.71. The van der Waals surface area contributed by atoms with Crippen LogP contribution in [0.1, 0.15) is 20.3 Å². The van der Waals surface area contributed by atoms with E-state index in [4.69, 9.17) is 4.74 Å². The molecule has 96 valence electrons. The van der Waals surface area contributed by atoms with E-state index in [9.17, 15) is 0 Å². The first kappa shape index (κ1) is 12.8. The van der Waals surface area contributed by atoms with Crippen LogP contribution in [0, 0.1) is 0 Å². The average molecular weight is 245 g/mol. The SMILES string of the molecule is CC(C)NCCCOc1ncnc2ccccc12. The minimum Gasteiger partial charge on any atom is -0.477 e. The van der Waals surface area contributed by atoms with Crippen molar-refractivity contribution in [2.45, 2.75) is 26.3 Å². The second-order valence-corrected chi connectivity index (χ2v) is 4.51. The molecule has 2 rings (SSSR count). The summed E-state index contributed by atoms with van der Waals surface area (Å²) in [5.41, 5.74) is 0.919. The summed E-state index contributed by atoms with van der Waals surface area (Å²) in [6, 6.07) is 8.40. The number of ether oxygens (including phenoxy) is 1. The third-order valence-electron chi connectivity index (χ3n) is 2.62. The molecule has 0 fully saturated rings. The minimum atomic E-state index is 0.518. The van der Waals surface area contributed by atoms with Crippen molar-refractivity contribution in [2.75, 3.05) is 13.2 Å². The molecule has 1 aromatic carbocycles. The molecule has 0 bridgehead atoms. The number of rotatable bonds is 6. The number of benzene rings is 1. The highest BCUT2D eigenvalue weighted by Crippen LogP contribution is 2.20. The maximum absolute atomic E-state index is 5.71. The molecule has 4 heteroatoms. The Labute approximate surface area is 107 Å². The van der Waals surface area contributed by atoms with Gasteiger partial charge in [-0.15, -0.1) is 0 Å². The third-order valence-corrected chi connectivity index (χ3v) is 2.62. The van der Waals surface area contributed by atoms with E-state index >= 15 is 0 Å². The van der Waals surface area contributed by atoms with E-state index in [-0.39, 0.29) is 0 Å². The van der Waals surface area contributed by atoms with Gasteiger partial charge in [0.1, 0.15) is 6.33 Å². The predicted octanol–water partition coefficient (Wildman–Crippen LogP) is 2.40. The Hall–Kier alpha value is -1.68. The molecule has 0 unspecified atom stereocenters. The molecular weight excluding hydrogens is 226 g/mol. The zero-order valence-corrected chi connectivity index (χ0v) is 10.9. The highest BCUT2D eigenvalue weighted by molar-refractivity contribution is 5.82. The number of nitrogens with zero attached hydrogens (tertiary/aromatic N) is 2. The van der Waals surface area contributed by atoms with Crippen molar-refractivity contribution in [1.29, 1.82) is 0 Å². The van der Waals surface area contributed by atoms with Gasteiger partial charge < -0.3 is 10.1 Å². The van der Waals surface area contributed by atoms with Crippen molar-refractivity contribution in [3.63, 3.8) is 0 Å². The molecule has 0 radical (unpaired) electrons. The van der Waals surface area contributed by atoms with Crippen molar-refractivity contribution in [1.82, 2.24) is 15.3 Å². The van der Waals surface area contributed by atoms with Gasteiger partial charge in [0.05, 0.1) is 17.5 Å². The molecular formula is C14H19N3O. The van der Waals surface area contributed by atoms with Gasteiger partial charge in [-0.2, -0.15) is 0 Å². The molecule has 0 aliphatic carbocycles. The molecule has 1 aromatic heterocycles. The average Bonchev–Trinajstić information content (AvgIpc) is 2.38. The van der Waals surface area contributed by atoms with Crippen molar-refractivity contribution >= 4 is 10.9 Å². The minimum absolute atomic E-state index is 0.518. The summed E-state index contributed by atoms with van der Waals surface area (Å²) in [6.07, 6.45) is 2.51. The van der Waals surface area contributed by atoms with Gasteiger partial charge in [-0.05, 0) is 25.1 Å². The van der Waals surface area contributed by atoms with Crippen molar-refractivity contribution in [2.24, 2.45) is 0 Å². The first-order valence-corrected chi connectivity index (χ1v) is 6.33. The quantitative estimate of drug-likeness (QED) is 0.794. The maximum Gasteiger partial charge on any atom is 0.224 e. The molecule has 18 heavy (non-hydrogen) atoms. The lowest BCUT2D eigenvalue weighted by Crippen LogP contribution is -2.24. The van der Waals surface area contributed by atoms with Crippen LogP contribution in [0.2, 0.25) is 0 Å². The van der Waals surface area contributed by atoms with Crippen molar-refractivity contribution in [3.05, 3.63) is 30.6 Å². The van der Waals surface area contributed by atoms with E-state index in [1.807, 2.05) is 24.3 Å². The summed E-state index contributed by atoms with van der Waals surface area (Å²) in [6.45, 7) is 5.90. The fourth-order valence-corrected chi connectivity index (χ4v) is 1.73. The molecule has 0 saturated heterocycles. The summed E-state index contributed by atoms with van der Waals surface area (Å²) in [7, 11) is 0. The molecule has 1 N–H and O–H groups in total. The smallest absolute Gasteiger partial charge is 0.224 e. The molecule has 4 nitrogen and oxygen atoms in total. The van der Waals surface area contributed by atoms with Gasteiger partial charge >= 0.3 is 0 Å². The lowest BCUT2D eigenvalue weighted by molar-refractivity contribution is 0.298. The van der Waals surface area contributed by atoms with Gasteiger partial charge in [0.15, 0.2) is 0 Å². The van der Waals surface area contributed by atoms with Crippen LogP contribution in [0.3, 0.4) is 0 Å². The van der Waals surface area contributed by atoms with Crippen LogP contribution in [0.5, 0.6) is 5.88 Å². The molecule has 0 atom stereocenters. The molecule has 0 spiro atoms. The number of fused-ring (bicyclic) bond motifs is 1. The first-order chi connectivity index (χ1) is 8.77. The van der Waals surface area contributed by atoms with E-state index in [1.165, 1.54) is 0 Å². The van der Waals surface area contributed by atoms with Gasteiger partial charge in [-0.25, -0.2) is 9.97 Å².